The molecule has 0 N–H and O–H groups in total. The van der Waals surface area contributed by atoms with Gasteiger partial charge in [-0.25, -0.2) is 4.79 Å². The largest absolute Gasteiger partial charge is 0.467 e. The van der Waals surface area contributed by atoms with Crippen molar-refractivity contribution in [3.05, 3.63) is 70.5 Å². The molecule has 134 valence electrons. The van der Waals surface area contributed by atoms with Crippen molar-refractivity contribution in [2.45, 2.75) is 25.5 Å². The predicted molar refractivity (Wildman–Crippen MR) is 94.9 cm³/mol. The second kappa shape index (κ2) is 7.17. The molecule has 1 fully saturated rings. The molecule has 26 heavy (non-hydrogen) atoms. The normalized spacial score (nSPS) is 16.8. The molecule has 2 aromatic heterocycles. The maximum absolute atomic E-state index is 13.1. The lowest BCUT2D eigenvalue weighted by Crippen LogP contribution is -2.38. The van der Waals surface area contributed by atoms with Crippen LogP contribution in [0.1, 0.15) is 29.0 Å². The number of carbonyl (C=O) groups is 1. The van der Waals surface area contributed by atoms with E-state index in [1.165, 1.54) is 0 Å². The molecule has 3 heterocycles. The quantitative estimate of drug-likeness (QED) is 0.659. The molecular weight excluding hydrogens is 334 g/mol. The van der Waals surface area contributed by atoms with Crippen LogP contribution in [0, 0.1) is 0 Å². The molecule has 0 aliphatic carbocycles. The Balaban J connectivity index is 1.66. The minimum Gasteiger partial charge on any atom is -0.467 e. The highest BCUT2D eigenvalue weighted by Gasteiger charge is 2.26. The number of benzene rings is 1. The fourth-order valence-corrected chi connectivity index (χ4v) is 3.23. The summed E-state index contributed by atoms with van der Waals surface area (Å²) in [6.45, 7) is 1.38. The number of amides is 1. The first kappa shape index (κ1) is 16.6. The highest BCUT2D eigenvalue weighted by molar-refractivity contribution is 5.96. The van der Waals surface area contributed by atoms with Crippen molar-refractivity contribution < 1.29 is 18.4 Å². The predicted octanol–water partition coefficient (Wildman–Crippen LogP) is 3.21. The summed E-state index contributed by atoms with van der Waals surface area (Å²) >= 11 is 0. The molecule has 0 spiro atoms. The maximum Gasteiger partial charge on any atom is 0.349 e. The van der Waals surface area contributed by atoms with Crippen LogP contribution < -0.4 is 5.63 Å². The van der Waals surface area contributed by atoms with Crippen LogP contribution in [0.4, 0.5) is 0 Å². The van der Waals surface area contributed by atoms with Gasteiger partial charge in [-0.05, 0) is 37.1 Å². The summed E-state index contributed by atoms with van der Waals surface area (Å²) in [5.74, 6) is 0.276. The third kappa shape index (κ3) is 3.41. The topological polar surface area (TPSA) is 72.9 Å². The van der Waals surface area contributed by atoms with Gasteiger partial charge in [-0.1, -0.05) is 18.2 Å². The van der Waals surface area contributed by atoms with Crippen LogP contribution >= 0.6 is 0 Å². The van der Waals surface area contributed by atoms with Gasteiger partial charge in [-0.15, -0.1) is 0 Å². The lowest BCUT2D eigenvalue weighted by atomic mass is 10.1. The molecule has 6 nitrogen and oxygen atoms in total. The third-order valence-corrected chi connectivity index (χ3v) is 4.53. The lowest BCUT2D eigenvalue weighted by molar-refractivity contribution is 0.0488. The number of ether oxygens (including phenoxy) is 1. The number of furan rings is 1. The van der Waals surface area contributed by atoms with Crippen LogP contribution in [-0.4, -0.2) is 30.1 Å². The average Bonchev–Trinajstić information content (AvgIpc) is 3.34. The zero-order chi connectivity index (χ0) is 17.9. The highest BCUT2D eigenvalue weighted by atomic mass is 16.5. The first-order chi connectivity index (χ1) is 12.7. The SMILES string of the molecule is O=C(c1cc2ccccc2oc1=O)N(Cc1ccco1)C[C@H]1CCCO1. The molecule has 0 bridgehead atoms. The second-order valence-electron chi connectivity index (χ2n) is 6.39. The Labute approximate surface area is 150 Å². The first-order valence-corrected chi connectivity index (χ1v) is 8.67. The van der Waals surface area contributed by atoms with E-state index in [1.807, 2.05) is 12.1 Å². The minimum absolute atomic E-state index is 0.0215. The van der Waals surface area contributed by atoms with E-state index in [9.17, 15) is 9.59 Å². The third-order valence-electron chi connectivity index (χ3n) is 4.53. The second-order valence-corrected chi connectivity index (χ2v) is 6.39. The number of fused-ring (bicyclic) bond motifs is 1. The van der Waals surface area contributed by atoms with Gasteiger partial charge in [0.15, 0.2) is 0 Å². The van der Waals surface area contributed by atoms with Gasteiger partial charge >= 0.3 is 5.63 Å². The van der Waals surface area contributed by atoms with Crippen LogP contribution in [0.2, 0.25) is 0 Å². The summed E-state index contributed by atoms with van der Waals surface area (Å²) in [5, 5.41) is 0.713. The molecule has 1 aliphatic heterocycles. The Morgan fingerprint density at radius 1 is 1.19 bits per heavy atom. The standard InChI is InChI=1S/C20H19NO5/c22-19(17-11-14-5-1-2-8-18(14)26-20(17)23)21(12-15-6-3-9-24-15)13-16-7-4-10-25-16/h1-3,5-6,8-9,11,16H,4,7,10,12-13H2/t16-/m1/s1. The van der Waals surface area contributed by atoms with E-state index < -0.39 is 5.63 Å². The molecule has 3 aromatic rings. The van der Waals surface area contributed by atoms with Crippen LogP contribution in [0.25, 0.3) is 11.0 Å². The van der Waals surface area contributed by atoms with Gasteiger partial charge in [0.1, 0.15) is 16.9 Å². The van der Waals surface area contributed by atoms with E-state index in [4.69, 9.17) is 13.6 Å². The molecule has 0 radical (unpaired) electrons. The summed E-state index contributed by atoms with van der Waals surface area (Å²) in [6, 6.07) is 12.3. The van der Waals surface area contributed by atoms with E-state index in [1.54, 1.807) is 41.5 Å². The van der Waals surface area contributed by atoms with Gasteiger partial charge in [-0.3, -0.25) is 4.79 Å². The highest BCUT2D eigenvalue weighted by Crippen LogP contribution is 2.18. The van der Waals surface area contributed by atoms with E-state index in [0.29, 0.717) is 29.9 Å². The molecule has 1 amide bonds. The van der Waals surface area contributed by atoms with E-state index in [-0.39, 0.29) is 24.1 Å². The van der Waals surface area contributed by atoms with Crippen LogP contribution in [0.5, 0.6) is 0 Å². The summed E-state index contributed by atoms with van der Waals surface area (Å²) in [6.07, 6.45) is 3.41. The van der Waals surface area contributed by atoms with E-state index in [0.717, 1.165) is 12.8 Å². The zero-order valence-electron chi connectivity index (χ0n) is 14.2. The van der Waals surface area contributed by atoms with Crippen molar-refractivity contribution >= 4 is 16.9 Å². The zero-order valence-corrected chi connectivity index (χ0v) is 14.2. The molecule has 1 saturated heterocycles. The van der Waals surface area contributed by atoms with E-state index >= 15 is 0 Å². The summed E-state index contributed by atoms with van der Waals surface area (Å²) in [7, 11) is 0. The summed E-state index contributed by atoms with van der Waals surface area (Å²) in [4.78, 5) is 27.0. The summed E-state index contributed by atoms with van der Waals surface area (Å²) in [5.41, 5.74) is -0.149. The van der Waals surface area contributed by atoms with Crippen molar-refractivity contribution in [1.29, 1.82) is 0 Å². The monoisotopic (exact) mass is 353 g/mol. The van der Waals surface area contributed by atoms with E-state index in [2.05, 4.69) is 0 Å². The Bertz CT molecular complexity index is 954. The van der Waals surface area contributed by atoms with Crippen LogP contribution in [0.3, 0.4) is 0 Å². The Hall–Kier alpha value is -2.86. The molecule has 1 aromatic carbocycles. The van der Waals surface area contributed by atoms with Gasteiger partial charge in [0.2, 0.25) is 0 Å². The smallest absolute Gasteiger partial charge is 0.349 e. The summed E-state index contributed by atoms with van der Waals surface area (Å²) < 4.78 is 16.4. The molecular formula is C20H19NO5. The number of nitrogens with zero attached hydrogens (tertiary/aromatic N) is 1. The number of rotatable bonds is 5. The lowest BCUT2D eigenvalue weighted by Gasteiger charge is -2.24. The number of para-hydroxylation sites is 1. The van der Waals surface area contributed by atoms with Crippen LogP contribution in [-0.2, 0) is 11.3 Å². The molecule has 0 saturated carbocycles. The van der Waals surface area contributed by atoms with Crippen molar-refractivity contribution in [3.63, 3.8) is 0 Å². The molecule has 1 aliphatic rings. The first-order valence-electron chi connectivity index (χ1n) is 8.67. The fraction of sp³-hybridized carbons (Fsp3) is 0.300. The number of hydrogen-bond acceptors (Lipinski definition) is 5. The maximum atomic E-state index is 13.1. The number of carbonyl (C=O) groups excluding carboxylic acids is 1. The minimum atomic E-state index is -0.634. The van der Waals surface area contributed by atoms with Crippen molar-refractivity contribution in [2.75, 3.05) is 13.2 Å². The van der Waals surface area contributed by atoms with Gasteiger partial charge in [-0.2, -0.15) is 0 Å². The Morgan fingerprint density at radius 2 is 2.08 bits per heavy atom. The van der Waals surface area contributed by atoms with Gasteiger partial charge in [0, 0.05) is 18.5 Å². The van der Waals surface area contributed by atoms with Crippen molar-refractivity contribution in [1.82, 2.24) is 4.90 Å². The Morgan fingerprint density at radius 3 is 2.85 bits per heavy atom. The van der Waals surface area contributed by atoms with Gasteiger partial charge < -0.3 is 18.5 Å². The molecule has 4 rings (SSSR count). The van der Waals surface area contributed by atoms with Crippen molar-refractivity contribution in [3.8, 4) is 0 Å². The number of hydrogen-bond donors (Lipinski definition) is 0. The molecule has 1 atom stereocenters. The van der Waals surface area contributed by atoms with Gasteiger partial charge in [0.25, 0.3) is 5.91 Å². The fourth-order valence-electron chi connectivity index (χ4n) is 3.23. The molecule has 6 heteroatoms. The van der Waals surface area contributed by atoms with Gasteiger partial charge in [0.05, 0.1) is 18.9 Å². The van der Waals surface area contributed by atoms with Crippen LogP contribution in [0.15, 0.2) is 62.4 Å². The van der Waals surface area contributed by atoms with Crippen molar-refractivity contribution in [2.24, 2.45) is 0 Å². The molecule has 0 unspecified atom stereocenters. The average molecular weight is 353 g/mol. The Kier molecular flexibility index (Phi) is 4.58.